The summed E-state index contributed by atoms with van der Waals surface area (Å²) in [6.07, 6.45) is 4.26. The summed E-state index contributed by atoms with van der Waals surface area (Å²) in [6.45, 7) is 2.06. The third-order valence-corrected chi connectivity index (χ3v) is 3.62. The predicted molar refractivity (Wildman–Crippen MR) is 91.3 cm³/mol. The van der Waals surface area contributed by atoms with Gasteiger partial charge in [-0.15, -0.1) is 12.4 Å². The van der Waals surface area contributed by atoms with Crippen LogP contribution in [0.15, 0.2) is 41.2 Å². The second-order valence-electron chi connectivity index (χ2n) is 5.06. The summed E-state index contributed by atoms with van der Waals surface area (Å²) in [5.41, 5.74) is 1.70. The molecular weight excluding hydrogens is 337 g/mol. The van der Waals surface area contributed by atoms with Crippen molar-refractivity contribution in [3.8, 4) is 17.1 Å². The van der Waals surface area contributed by atoms with Crippen LogP contribution in [0.3, 0.4) is 0 Å². The molecule has 0 fully saturated rings. The normalized spacial score (nSPS) is 12.0. The van der Waals surface area contributed by atoms with E-state index in [9.17, 15) is 0 Å². The van der Waals surface area contributed by atoms with E-state index in [-0.39, 0.29) is 12.4 Å². The smallest absolute Gasteiger partial charge is 0.261 e. The summed E-state index contributed by atoms with van der Waals surface area (Å²) in [6, 6.07) is 7.73. The molecule has 1 aromatic carbocycles. The molecule has 8 heteroatoms. The molecule has 0 saturated heterocycles. The summed E-state index contributed by atoms with van der Waals surface area (Å²) < 4.78 is 7.04. The highest BCUT2D eigenvalue weighted by molar-refractivity contribution is 6.30. The molecule has 1 atom stereocenters. The molecule has 0 bridgehead atoms. The van der Waals surface area contributed by atoms with Gasteiger partial charge in [0, 0.05) is 23.7 Å². The molecule has 1 unspecified atom stereocenters. The molecule has 2 heterocycles. The second kappa shape index (κ2) is 7.59. The van der Waals surface area contributed by atoms with Gasteiger partial charge in [-0.3, -0.25) is 0 Å². The molecule has 0 spiro atoms. The number of benzene rings is 1. The molecule has 0 aliphatic rings. The number of halogens is 2. The summed E-state index contributed by atoms with van der Waals surface area (Å²) >= 11 is 5.89. The minimum atomic E-state index is 0. The summed E-state index contributed by atoms with van der Waals surface area (Å²) in [5.74, 6) is 1.15. The van der Waals surface area contributed by atoms with Crippen molar-refractivity contribution < 1.29 is 4.52 Å². The first-order valence-electron chi connectivity index (χ1n) is 6.96. The lowest BCUT2D eigenvalue weighted by atomic mass is 10.2. The molecule has 1 N–H and O–H groups in total. The van der Waals surface area contributed by atoms with Gasteiger partial charge in [0.05, 0.1) is 17.4 Å². The van der Waals surface area contributed by atoms with Crippen LogP contribution >= 0.6 is 24.0 Å². The maximum absolute atomic E-state index is 5.89. The Morgan fingerprint density at radius 2 is 2.04 bits per heavy atom. The van der Waals surface area contributed by atoms with E-state index in [1.54, 1.807) is 10.9 Å². The molecule has 0 aliphatic carbocycles. The number of rotatable bonds is 5. The Bertz CT molecular complexity index is 753. The van der Waals surface area contributed by atoms with E-state index in [4.69, 9.17) is 16.1 Å². The van der Waals surface area contributed by atoms with E-state index in [0.717, 1.165) is 11.3 Å². The molecule has 0 aliphatic heterocycles. The average Bonchev–Trinajstić information content (AvgIpc) is 3.17. The van der Waals surface area contributed by atoms with E-state index in [1.807, 2.05) is 37.5 Å². The van der Waals surface area contributed by atoms with Crippen molar-refractivity contribution >= 4 is 24.0 Å². The Morgan fingerprint density at radius 3 is 2.74 bits per heavy atom. The van der Waals surface area contributed by atoms with Gasteiger partial charge in [0.2, 0.25) is 0 Å². The van der Waals surface area contributed by atoms with Gasteiger partial charge in [0.15, 0.2) is 5.82 Å². The van der Waals surface area contributed by atoms with Crippen LogP contribution in [0.25, 0.3) is 17.1 Å². The molecule has 2 aromatic heterocycles. The molecule has 3 aromatic rings. The lowest BCUT2D eigenvalue weighted by Gasteiger charge is -2.04. The minimum Gasteiger partial charge on any atom is -0.334 e. The SMILES string of the molecule is CNC(C)Cc1noc(-c2cnn(-c3ccc(Cl)cc3)c2)n1.Cl. The van der Waals surface area contributed by atoms with Crippen LogP contribution in [0.2, 0.25) is 5.02 Å². The zero-order chi connectivity index (χ0) is 15.5. The molecule has 23 heavy (non-hydrogen) atoms. The van der Waals surface area contributed by atoms with Crippen molar-refractivity contribution in [1.29, 1.82) is 0 Å². The first kappa shape index (κ1) is 17.5. The van der Waals surface area contributed by atoms with Gasteiger partial charge in [-0.1, -0.05) is 16.8 Å². The zero-order valence-corrected chi connectivity index (χ0v) is 14.3. The maximum Gasteiger partial charge on any atom is 0.261 e. The topological polar surface area (TPSA) is 68.8 Å². The third kappa shape index (κ3) is 4.10. The highest BCUT2D eigenvalue weighted by atomic mass is 35.5. The fourth-order valence-electron chi connectivity index (χ4n) is 2.00. The van der Waals surface area contributed by atoms with Gasteiger partial charge < -0.3 is 9.84 Å². The molecule has 0 saturated carbocycles. The fourth-order valence-corrected chi connectivity index (χ4v) is 2.12. The zero-order valence-electron chi connectivity index (χ0n) is 12.7. The molecule has 6 nitrogen and oxygen atoms in total. The fraction of sp³-hybridized carbons (Fsp3) is 0.267. The lowest BCUT2D eigenvalue weighted by Crippen LogP contribution is -2.24. The van der Waals surface area contributed by atoms with Gasteiger partial charge in [-0.05, 0) is 38.2 Å². The van der Waals surface area contributed by atoms with Crippen LogP contribution in [0.4, 0.5) is 0 Å². The maximum atomic E-state index is 5.89. The molecule has 0 amide bonds. The molecular formula is C15H17Cl2N5O. The van der Waals surface area contributed by atoms with Crippen molar-refractivity contribution in [2.75, 3.05) is 7.05 Å². The minimum absolute atomic E-state index is 0. The molecule has 122 valence electrons. The van der Waals surface area contributed by atoms with Crippen LogP contribution in [0, 0.1) is 0 Å². The lowest BCUT2D eigenvalue weighted by molar-refractivity contribution is 0.418. The van der Waals surface area contributed by atoms with Gasteiger partial charge >= 0.3 is 0 Å². The van der Waals surface area contributed by atoms with Crippen LogP contribution in [0.5, 0.6) is 0 Å². The van der Waals surface area contributed by atoms with E-state index in [0.29, 0.717) is 29.2 Å². The Hall–Kier alpha value is -1.89. The predicted octanol–water partition coefficient (Wildman–Crippen LogP) is 3.15. The van der Waals surface area contributed by atoms with Crippen LogP contribution in [-0.4, -0.2) is 33.0 Å². The van der Waals surface area contributed by atoms with Crippen molar-refractivity contribution in [1.82, 2.24) is 25.2 Å². The Balaban J connectivity index is 0.00000192. The van der Waals surface area contributed by atoms with Gasteiger partial charge in [-0.2, -0.15) is 10.1 Å². The van der Waals surface area contributed by atoms with Crippen molar-refractivity contribution in [2.45, 2.75) is 19.4 Å². The standard InChI is InChI=1S/C15H16ClN5O.ClH/c1-10(17-2)7-14-19-15(22-20-14)11-8-18-21(9-11)13-5-3-12(16)4-6-13;/h3-6,8-10,17H,7H2,1-2H3;1H. The third-order valence-electron chi connectivity index (χ3n) is 3.37. The van der Waals surface area contributed by atoms with E-state index in [2.05, 4.69) is 27.5 Å². The van der Waals surface area contributed by atoms with Crippen molar-refractivity contribution in [2.24, 2.45) is 0 Å². The first-order chi connectivity index (χ1) is 10.7. The van der Waals surface area contributed by atoms with Crippen molar-refractivity contribution in [3.63, 3.8) is 0 Å². The van der Waals surface area contributed by atoms with Gasteiger partial charge in [-0.25, -0.2) is 4.68 Å². The highest BCUT2D eigenvalue weighted by Gasteiger charge is 2.13. The van der Waals surface area contributed by atoms with Crippen molar-refractivity contribution in [3.05, 3.63) is 47.5 Å². The second-order valence-corrected chi connectivity index (χ2v) is 5.50. The van der Waals surface area contributed by atoms with E-state index in [1.165, 1.54) is 0 Å². The van der Waals surface area contributed by atoms with E-state index < -0.39 is 0 Å². The molecule has 3 rings (SSSR count). The Kier molecular flexibility index (Phi) is 5.76. The number of hydrogen-bond acceptors (Lipinski definition) is 5. The van der Waals surface area contributed by atoms with Crippen LogP contribution in [0.1, 0.15) is 12.7 Å². The van der Waals surface area contributed by atoms with Crippen LogP contribution < -0.4 is 5.32 Å². The monoisotopic (exact) mass is 353 g/mol. The van der Waals surface area contributed by atoms with Gasteiger partial charge in [0.25, 0.3) is 5.89 Å². The summed E-state index contributed by atoms with van der Waals surface area (Å²) in [7, 11) is 1.90. The molecule has 0 radical (unpaired) electrons. The number of nitrogens with zero attached hydrogens (tertiary/aromatic N) is 4. The van der Waals surface area contributed by atoms with E-state index >= 15 is 0 Å². The largest absolute Gasteiger partial charge is 0.334 e. The van der Waals surface area contributed by atoms with Crippen LogP contribution in [-0.2, 0) is 6.42 Å². The highest BCUT2D eigenvalue weighted by Crippen LogP contribution is 2.19. The number of hydrogen-bond donors (Lipinski definition) is 1. The quantitative estimate of drug-likeness (QED) is 0.762. The first-order valence-corrected chi connectivity index (χ1v) is 7.34. The number of nitrogens with one attached hydrogen (secondary N) is 1. The Labute approximate surface area is 145 Å². The number of likely N-dealkylation sites (N-methyl/N-ethyl adjacent to an activating group) is 1. The number of aromatic nitrogens is 4. The summed E-state index contributed by atoms with van der Waals surface area (Å²) in [4.78, 5) is 4.40. The Morgan fingerprint density at radius 1 is 1.30 bits per heavy atom. The average molecular weight is 354 g/mol. The van der Waals surface area contributed by atoms with Gasteiger partial charge in [0.1, 0.15) is 0 Å². The summed E-state index contributed by atoms with van der Waals surface area (Å²) in [5, 5.41) is 12.1.